The second-order valence-electron chi connectivity index (χ2n) is 4.81. The van der Waals surface area contributed by atoms with Crippen LogP contribution in [0.4, 0.5) is 0 Å². The molecule has 0 aliphatic carbocycles. The maximum Gasteiger partial charge on any atom is 0.326 e. The van der Waals surface area contributed by atoms with Gasteiger partial charge in [0.05, 0.1) is 6.26 Å². The lowest BCUT2D eigenvalue weighted by Gasteiger charge is -2.23. The predicted octanol–water partition coefficient (Wildman–Crippen LogP) is -0.391. The minimum Gasteiger partial charge on any atom is -0.616 e. The van der Waals surface area contributed by atoms with Crippen molar-refractivity contribution in [3.8, 4) is 0 Å². The van der Waals surface area contributed by atoms with Gasteiger partial charge in [0.2, 0.25) is 5.78 Å². The third-order valence-corrected chi connectivity index (χ3v) is 4.19. The molecule has 0 saturated carbocycles. The van der Waals surface area contributed by atoms with Crippen LogP contribution in [0.3, 0.4) is 0 Å². The van der Waals surface area contributed by atoms with Gasteiger partial charge in [0.1, 0.15) is 6.04 Å². The van der Waals surface area contributed by atoms with Crippen LogP contribution < -0.4 is 5.32 Å². The number of Topliss-reactive ketones (excluding diaryl/α,β-unsaturated/α-hetero) is 1. The average molecular weight is 317 g/mol. The molecule has 0 bridgehead atoms. The fourth-order valence-electron chi connectivity index (χ4n) is 1.76. The zero-order valence-corrected chi connectivity index (χ0v) is 12.9. The van der Waals surface area contributed by atoms with Crippen LogP contribution in [0.1, 0.15) is 26.7 Å². The topological polar surface area (TPSA) is 143 Å². The summed E-state index contributed by atoms with van der Waals surface area (Å²) in [4.78, 5) is 36.8. The molecule has 0 aromatic heterocycles. The number of ketones is 1. The Balaban J connectivity index is 4.77. The van der Waals surface area contributed by atoms with Crippen molar-refractivity contribution in [3.63, 3.8) is 0 Å². The van der Waals surface area contributed by atoms with Crippen molar-refractivity contribution in [2.45, 2.75) is 38.0 Å². The molecule has 3 atom stereocenters. The van der Waals surface area contributed by atoms with Gasteiger partial charge in [-0.15, -0.1) is 0 Å². The molecule has 0 aliphatic rings. The Kier molecular flexibility index (Phi) is 8.52. The zero-order chi connectivity index (χ0) is 16.6. The second kappa shape index (κ2) is 9.28. The predicted molar refractivity (Wildman–Crippen MR) is 76.2 cm³/mol. The molecule has 0 spiro atoms. The van der Waals surface area contributed by atoms with Gasteiger partial charge >= 0.3 is 12.2 Å². The van der Waals surface area contributed by atoms with Crippen LogP contribution in [-0.2, 0) is 25.6 Å². The fraction of sp³-hybridized carbons (Fsp3) is 0.667. The van der Waals surface area contributed by atoms with Crippen molar-refractivity contribution in [2.75, 3.05) is 6.26 Å². The number of carboxylic acids is 1. The van der Waals surface area contributed by atoms with Crippen LogP contribution in [0, 0.1) is 5.92 Å². The summed E-state index contributed by atoms with van der Waals surface area (Å²) in [5, 5.41) is 10.5. The fourth-order valence-corrected chi connectivity index (χ4v) is 2.90. The van der Waals surface area contributed by atoms with Gasteiger partial charge in [-0.1, -0.05) is 13.8 Å². The van der Waals surface area contributed by atoms with E-state index in [1.165, 1.54) is 6.26 Å². The molecular weight excluding hydrogens is 298 g/mol. The van der Waals surface area contributed by atoms with Crippen molar-refractivity contribution in [1.82, 2.24) is 5.32 Å². The third-order valence-electron chi connectivity index (χ3n) is 2.72. The van der Waals surface area contributed by atoms with Crippen LogP contribution in [0.15, 0.2) is 0 Å². The molecule has 2 N–H and O–H groups in total. The highest BCUT2D eigenvalue weighted by molar-refractivity contribution is 7.92. The molecule has 0 radical (unpaired) electrons. The Hall–Kier alpha value is -1.70. The molecule has 0 rings (SSSR count). The minimum atomic E-state index is -1.44. The van der Waals surface area contributed by atoms with E-state index in [0.29, 0.717) is 6.21 Å². The molecular formula is C12H19N3O5S. The number of nitrogens with one attached hydrogen (secondary N) is 1. The van der Waals surface area contributed by atoms with Crippen molar-refractivity contribution < 1.29 is 28.8 Å². The summed E-state index contributed by atoms with van der Waals surface area (Å²) >= 11 is -1.44. The SMILES string of the molecule is CC(C)C(C(=O)NC(CCC(=O)C=[N+]=[N-])C(=O)O)[S+](C)[O-]. The third kappa shape index (κ3) is 7.03. The van der Waals surface area contributed by atoms with Gasteiger partial charge < -0.3 is 20.5 Å². The van der Waals surface area contributed by atoms with Crippen LogP contribution in [-0.4, -0.2) is 55.9 Å². The molecule has 0 aliphatic heterocycles. The van der Waals surface area contributed by atoms with Crippen molar-refractivity contribution in [3.05, 3.63) is 5.53 Å². The highest BCUT2D eigenvalue weighted by Gasteiger charge is 2.33. The van der Waals surface area contributed by atoms with Gasteiger partial charge in [-0.2, -0.15) is 4.79 Å². The number of amides is 1. The smallest absolute Gasteiger partial charge is 0.326 e. The summed E-state index contributed by atoms with van der Waals surface area (Å²) in [5.74, 6) is -2.69. The number of aliphatic carboxylic acids is 1. The molecule has 1 amide bonds. The van der Waals surface area contributed by atoms with Crippen molar-refractivity contribution in [1.29, 1.82) is 0 Å². The standard InChI is InChI=1S/C12H19N3O5S/c1-7(2)10(21(3)20)11(17)15-9(12(18)19)5-4-8(16)6-14-13/h6-7,9-10H,4-5H2,1-3H3,(H,15,17)(H,18,19). The molecule has 21 heavy (non-hydrogen) atoms. The van der Waals surface area contributed by atoms with E-state index < -0.39 is 40.1 Å². The monoisotopic (exact) mass is 317 g/mol. The number of carbonyl (C=O) groups excluding carboxylic acids is 2. The van der Waals surface area contributed by atoms with E-state index in [1.54, 1.807) is 13.8 Å². The van der Waals surface area contributed by atoms with Crippen LogP contribution in [0.5, 0.6) is 0 Å². The number of rotatable bonds is 9. The first-order valence-corrected chi connectivity index (χ1v) is 7.88. The van der Waals surface area contributed by atoms with E-state index in [2.05, 4.69) is 10.1 Å². The summed E-state index contributed by atoms with van der Waals surface area (Å²) in [6, 6.07) is -1.27. The highest BCUT2D eigenvalue weighted by atomic mass is 32.2. The lowest BCUT2D eigenvalue weighted by molar-refractivity contribution is -0.142. The largest absolute Gasteiger partial charge is 0.616 e. The normalized spacial score (nSPS) is 14.7. The first-order chi connectivity index (χ1) is 9.70. The van der Waals surface area contributed by atoms with Gasteiger partial charge in [-0.3, -0.25) is 9.59 Å². The summed E-state index contributed by atoms with van der Waals surface area (Å²) in [6.45, 7) is 3.42. The van der Waals surface area contributed by atoms with Gasteiger partial charge in [0.15, 0.2) is 5.25 Å². The van der Waals surface area contributed by atoms with Crippen LogP contribution >= 0.6 is 0 Å². The Morgan fingerprint density at radius 1 is 1.43 bits per heavy atom. The molecule has 0 aromatic carbocycles. The van der Waals surface area contributed by atoms with Gasteiger partial charge in [-0.25, -0.2) is 4.79 Å². The molecule has 0 aromatic rings. The maximum absolute atomic E-state index is 12.0. The number of carbonyl (C=O) groups is 3. The number of hydrogen-bond acceptors (Lipinski definition) is 4. The van der Waals surface area contributed by atoms with Crippen molar-refractivity contribution in [2.24, 2.45) is 5.92 Å². The van der Waals surface area contributed by atoms with Gasteiger partial charge in [0.25, 0.3) is 5.91 Å². The Morgan fingerprint density at radius 3 is 2.38 bits per heavy atom. The maximum atomic E-state index is 12.0. The lowest BCUT2D eigenvalue weighted by Crippen LogP contribution is -2.49. The first-order valence-electron chi connectivity index (χ1n) is 6.26. The second-order valence-corrected chi connectivity index (χ2v) is 6.32. The van der Waals surface area contributed by atoms with E-state index in [4.69, 9.17) is 10.6 Å². The Bertz CT molecular complexity index is 438. The number of hydrogen-bond donors (Lipinski definition) is 2. The van der Waals surface area contributed by atoms with Gasteiger partial charge in [-0.05, 0) is 17.6 Å². The highest BCUT2D eigenvalue weighted by Crippen LogP contribution is 2.12. The van der Waals surface area contributed by atoms with Gasteiger partial charge in [0, 0.05) is 12.3 Å². The van der Waals surface area contributed by atoms with E-state index in [1.807, 2.05) is 0 Å². The molecule has 118 valence electrons. The summed E-state index contributed by atoms with van der Waals surface area (Å²) < 4.78 is 11.5. The lowest BCUT2D eigenvalue weighted by atomic mass is 10.1. The summed E-state index contributed by atoms with van der Waals surface area (Å²) in [7, 11) is 0. The zero-order valence-electron chi connectivity index (χ0n) is 12.1. The minimum absolute atomic E-state index is 0.146. The van der Waals surface area contributed by atoms with Crippen LogP contribution in [0.25, 0.3) is 5.53 Å². The first kappa shape index (κ1) is 19.3. The van der Waals surface area contributed by atoms with Crippen molar-refractivity contribution >= 4 is 35.1 Å². The van der Waals surface area contributed by atoms with E-state index >= 15 is 0 Å². The Morgan fingerprint density at radius 2 is 2.00 bits per heavy atom. The summed E-state index contributed by atoms with van der Waals surface area (Å²) in [6.07, 6.45) is 1.70. The van der Waals surface area contributed by atoms with Crippen LogP contribution in [0.2, 0.25) is 0 Å². The van der Waals surface area contributed by atoms with E-state index in [-0.39, 0.29) is 18.8 Å². The molecule has 9 heteroatoms. The average Bonchev–Trinajstić information content (AvgIpc) is 2.33. The molecule has 0 saturated heterocycles. The van der Waals surface area contributed by atoms with E-state index in [0.717, 1.165) is 0 Å². The quantitative estimate of drug-likeness (QED) is 0.257. The molecule has 8 nitrogen and oxygen atoms in total. The summed E-state index contributed by atoms with van der Waals surface area (Å²) in [5.41, 5.74) is 8.18. The number of nitrogens with zero attached hydrogens (tertiary/aromatic N) is 2. The molecule has 3 unspecified atom stereocenters. The Labute approximate surface area is 125 Å². The molecule has 0 heterocycles. The number of carboxylic acid groups (broad SMARTS) is 1. The van der Waals surface area contributed by atoms with E-state index in [9.17, 15) is 18.9 Å². The molecule has 0 fully saturated rings.